The van der Waals surface area contributed by atoms with Gasteiger partial charge in [-0.05, 0) is 56.7 Å². The number of aliphatic imine (C=N–C) groups is 1. The molecule has 6 nitrogen and oxygen atoms in total. The minimum absolute atomic E-state index is 0.0982. The van der Waals surface area contributed by atoms with Gasteiger partial charge >= 0.3 is 0 Å². The van der Waals surface area contributed by atoms with Crippen LogP contribution in [0.25, 0.3) is 5.57 Å². The number of rotatable bonds is 5. The normalized spacial score (nSPS) is 16.9. The second-order valence-corrected chi connectivity index (χ2v) is 7.84. The van der Waals surface area contributed by atoms with E-state index in [-0.39, 0.29) is 18.1 Å². The second-order valence-electron chi connectivity index (χ2n) is 7.40. The van der Waals surface area contributed by atoms with Crippen molar-refractivity contribution in [2.45, 2.75) is 33.2 Å². The fraction of sp³-hybridized carbons (Fsp3) is 0.250. The number of nitrogens with one attached hydrogen (secondary N) is 1. The maximum absolute atomic E-state index is 12.5. The number of halogens is 1. The Bertz CT molecular complexity index is 1100. The van der Waals surface area contributed by atoms with Gasteiger partial charge in [-0.3, -0.25) is 9.79 Å². The summed E-state index contributed by atoms with van der Waals surface area (Å²) in [6, 6.07) is 11.7. The van der Waals surface area contributed by atoms with Gasteiger partial charge in [-0.1, -0.05) is 30.3 Å². The first-order valence-electron chi connectivity index (χ1n) is 10.0. The van der Waals surface area contributed by atoms with Gasteiger partial charge in [0.25, 0.3) is 0 Å². The molecule has 2 aromatic carbocycles. The summed E-state index contributed by atoms with van der Waals surface area (Å²) in [5.74, 6) is -0.0329. The van der Waals surface area contributed by atoms with E-state index in [9.17, 15) is 9.90 Å². The zero-order chi connectivity index (χ0) is 22.5. The van der Waals surface area contributed by atoms with Crippen molar-refractivity contribution in [2.24, 2.45) is 15.2 Å². The summed E-state index contributed by atoms with van der Waals surface area (Å²) in [4.78, 5) is 17.4. The number of benzene rings is 2. The van der Waals surface area contributed by atoms with Gasteiger partial charge < -0.3 is 10.4 Å². The molecule has 0 radical (unpaired) electrons. The van der Waals surface area contributed by atoms with Crippen LogP contribution in [0.2, 0.25) is 5.02 Å². The average Bonchev–Trinajstić information content (AvgIpc) is 2.82. The molecule has 1 amide bonds. The van der Waals surface area contributed by atoms with Gasteiger partial charge in [0.2, 0.25) is 5.91 Å². The number of phenolic OH excluding ortho intramolecular Hbond substituents is 1. The van der Waals surface area contributed by atoms with Crippen LogP contribution < -0.4 is 5.32 Å². The molecule has 1 aliphatic rings. The van der Waals surface area contributed by atoms with E-state index < -0.39 is 6.04 Å². The van der Waals surface area contributed by atoms with E-state index in [1.807, 2.05) is 32.9 Å². The number of phenols is 1. The Labute approximate surface area is 187 Å². The maximum atomic E-state index is 12.5. The molecule has 0 bridgehead atoms. The monoisotopic (exact) mass is 436 g/mol. The van der Waals surface area contributed by atoms with E-state index in [1.165, 1.54) is 0 Å². The SMILES string of the molecule is C=C1/C(=N\N=C(C)C)[C@H](CC(=O)NCC)N=C(c2ccc(Cl)cc2)c2cc(O)ccc21. The summed E-state index contributed by atoms with van der Waals surface area (Å²) in [5.41, 5.74) is 4.81. The van der Waals surface area contributed by atoms with E-state index in [2.05, 4.69) is 22.1 Å². The van der Waals surface area contributed by atoms with E-state index in [0.717, 1.165) is 16.8 Å². The van der Waals surface area contributed by atoms with Crippen LogP contribution in [0.5, 0.6) is 5.75 Å². The lowest BCUT2D eigenvalue weighted by atomic mass is 9.91. The third-order valence-electron chi connectivity index (χ3n) is 4.72. The molecular formula is C24H25ClN4O2. The summed E-state index contributed by atoms with van der Waals surface area (Å²) < 4.78 is 0. The van der Waals surface area contributed by atoms with Crippen LogP contribution in [0.3, 0.4) is 0 Å². The number of hydrogen-bond acceptors (Lipinski definition) is 5. The minimum atomic E-state index is -0.595. The largest absolute Gasteiger partial charge is 0.508 e. The third kappa shape index (κ3) is 5.27. The van der Waals surface area contributed by atoms with Crippen molar-refractivity contribution >= 4 is 40.2 Å². The molecule has 7 heteroatoms. The molecule has 1 atom stereocenters. The molecule has 2 aromatic rings. The molecule has 160 valence electrons. The number of amides is 1. The van der Waals surface area contributed by atoms with Crippen LogP contribution in [0.4, 0.5) is 0 Å². The van der Waals surface area contributed by atoms with Gasteiger partial charge in [0.15, 0.2) is 0 Å². The molecule has 0 aromatic heterocycles. The fourth-order valence-corrected chi connectivity index (χ4v) is 3.45. The lowest BCUT2D eigenvalue weighted by Crippen LogP contribution is -2.30. The maximum Gasteiger partial charge on any atom is 0.222 e. The van der Waals surface area contributed by atoms with Gasteiger partial charge in [0, 0.05) is 34.0 Å². The highest BCUT2D eigenvalue weighted by atomic mass is 35.5. The molecule has 0 fully saturated rings. The molecule has 0 saturated carbocycles. The van der Waals surface area contributed by atoms with Crippen molar-refractivity contribution in [3.63, 3.8) is 0 Å². The van der Waals surface area contributed by atoms with Crippen LogP contribution in [-0.2, 0) is 4.79 Å². The van der Waals surface area contributed by atoms with Crippen molar-refractivity contribution in [3.8, 4) is 5.75 Å². The molecule has 1 heterocycles. The Hall–Kier alpha value is -3.25. The number of carbonyl (C=O) groups excluding carboxylic acids is 1. The van der Waals surface area contributed by atoms with Crippen molar-refractivity contribution in [1.29, 1.82) is 0 Å². The highest BCUT2D eigenvalue weighted by Crippen LogP contribution is 2.32. The summed E-state index contributed by atoms with van der Waals surface area (Å²) >= 11 is 6.08. The Morgan fingerprint density at radius 1 is 1.19 bits per heavy atom. The first-order valence-corrected chi connectivity index (χ1v) is 10.4. The fourth-order valence-electron chi connectivity index (χ4n) is 3.32. The minimum Gasteiger partial charge on any atom is -0.508 e. The Kier molecular flexibility index (Phi) is 7.02. The zero-order valence-electron chi connectivity index (χ0n) is 17.8. The van der Waals surface area contributed by atoms with Crippen molar-refractivity contribution in [2.75, 3.05) is 6.54 Å². The summed E-state index contributed by atoms with van der Waals surface area (Å²) in [5, 5.41) is 22.2. The molecule has 2 N–H and O–H groups in total. The van der Waals surface area contributed by atoms with Gasteiger partial charge in [0.1, 0.15) is 11.8 Å². The molecular weight excluding hydrogens is 412 g/mol. The number of carbonyl (C=O) groups is 1. The van der Waals surface area contributed by atoms with Crippen LogP contribution in [0.15, 0.2) is 64.2 Å². The Morgan fingerprint density at radius 3 is 2.55 bits per heavy atom. The van der Waals surface area contributed by atoms with E-state index in [1.54, 1.807) is 30.3 Å². The smallest absolute Gasteiger partial charge is 0.222 e. The third-order valence-corrected chi connectivity index (χ3v) is 4.97. The van der Waals surface area contributed by atoms with Crippen LogP contribution >= 0.6 is 11.6 Å². The van der Waals surface area contributed by atoms with Crippen LogP contribution in [-0.4, -0.2) is 40.7 Å². The summed E-state index contributed by atoms with van der Waals surface area (Å²) in [7, 11) is 0. The quantitative estimate of drug-likeness (QED) is 0.528. The number of aromatic hydroxyl groups is 1. The molecule has 31 heavy (non-hydrogen) atoms. The highest BCUT2D eigenvalue weighted by molar-refractivity contribution is 6.32. The molecule has 1 aliphatic heterocycles. The highest BCUT2D eigenvalue weighted by Gasteiger charge is 2.29. The van der Waals surface area contributed by atoms with E-state index >= 15 is 0 Å². The Morgan fingerprint density at radius 2 is 1.90 bits per heavy atom. The molecule has 0 aliphatic carbocycles. The number of hydrogen-bond donors (Lipinski definition) is 2. The van der Waals surface area contributed by atoms with Gasteiger partial charge in [-0.25, -0.2) is 0 Å². The van der Waals surface area contributed by atoms with Crippen molar-refractivity contribution in [1.82, 2.24) is 5.32 Å². The second kappa shape index (κ2) is 9.71. The first-order chi connectivity index (χ1) is 14.8. The molecule has 3 rings (SSSR count). The summed E-state index contributed by atoms with van der Waals surface area (Å²) in [6.07, 6.45) is 0.0982. The van der Waals surface area contributed by atoms with Crippen molar-refractivity contribution in [3.05, 3.63) is 70.8 Å². The number of nitrogens with zero attached hydrogens (tertiary/aromatic N) is 3. The Balaban J connectivity index is 2.26. The van der Waals surface area contributed by atoms with Gasteiger partial charge in [-0.2, -0.15) is 10.2 Å². The molecule has 0 saturated heterocycles. The van der Waals surface area contributed by atoms with E-state index in [0.29, 0.717) is 34.1 Å². The number of fused-ring (bicyclic) bond motifs is 1. The van der Waals surface area contributed by atoms with Crippen LogP contribution in [0.1, 0.15) is 43.9 Å². The van der Waals surface area contributed by atoms with Gasteiger partial charge in [0.05, 0.1) is 17.8 Å². The van der Waals surface area contributed by atoms with Crippen molar-refractivity contribution < 1.29 is 9.90 Å². The summed E-state index contributed by atoms with van der Waals surface area (Å²) in [6.45, 7) is 10.3. The topological polar surface area (TPSA) is 86.4 Å². The predicted molar refractivity (Wildman–Crippen MR) is 128 cm³/mol. The molecule has 0 unspecified atom stereocenters. The predicted octanol–water partition coefficient (Wildman–Crippen LogP) is 4.64. The van der Waals surface area contributed by atoms with E-state index in [4.69, 9.17) is 16.6 Å². The molecule has 0 spiro atoms. The average molecular weight is 437 g/mol. The van der Waals surface area contributed by atoms with Gasteiger partial charge in [-0.15, -0.1) is 0 Å². The first kappa shape index (κ1) is 22.4. The lowest BCUT2D eigenvalue weighted by molar-refractivity contribution is -0.121. The lowest BCUT2D eigenvalue weighted by Gasteiger charge is -2.15. The standard InChI is InChI=1S/C24H25ClN4O2/c1-5-26-22(31)13-21-23(29-28-14(2)3)15(4)19-11-10-18(30)12-20(19)24(27-21)16-6-8-17(25)9-7-16/h6-12,21,30H,4-5,13H2,1-3H3,(H,26,31)/b29-23+/t21-/m0/s1. The zero-order valence-corrected chi connectivity index (χ0v) is 18.6. The van der Waals surface area contributed by atoms with Crippen LogP contribution in [0, 0.1) is 0 Å².